The van der Waals surface area contributed by atoms with Gasteiger partial charge in [0.25, 0.3) is 0 Å². The maximum Gasteiger partial charge on any atom is 0.120 e. The summed E-state index contributed by atoms with van der Waals surface area (Å²) in [5.41, 5.74) is 3.09. The molecule has 2 rings (SSSR count). The predicted octanol–water partition coefficient (Wildman–Crippen LogP) is 2.53. The summed E-state index contributed by atoms with van der Waals surface area (Å²) < 4.78 is 11.4. The average Bonchev–Trinajstić information content (AvgIpc) is 2.87. The molecule has 0 N–H and O–H groups in total. The number of hydrogen-bond acceptors (Lipinski definition) is 4. The minimum atomic E-state index is -0.326. The first kappa shape index (κ1) is 15.4. The standard InChI is InChI=1S/C16H26N2O2/c1-12(2)14-7-6-13(15(17-14)10-18(3)4)16(19-5)8-9-20-11-16/h6-7,12H,8-11H2,1-5H3/t16-/m1/s1. The lowest BCUT2D eigenvalue weighted by molar-refractivity contribution is -0.0226. The third-order valence-electron chi connectivity index (χ3n) is 3.92. The molecule has 2 heterocycles. The second kappa shape index (κ2) is 6.20. The number of aromatic nitrogens is 1. The van der Waals surface area contributed by atoms with Gasteiger partial charge in [-0.3, -0.25) is 4.98 Å². The number of methoxy groups -OCH3 is 1. The molecule has 0 amide bonds. The van der Waals surface area contributed by atoms with Gasteiger partial charge in [-0.2, -0.15) is 0 Å². The number of pyridine rings is 1. The summed E-state index contributed by atoms with van der Waals surface area (Å²) in [6.45, 7) is 6.53. The Morgan fingerprint density at radius 1 is 1.40 bits per heavy atom. The quantitative estimate of drug-likeness (QED) is 0.829. The molecule has 0 aromatic carbocycles. The first-order valence-corrected chi connectivity index (χ1v) is 7.26. The van der Waals surface area contributed by atoms with Crippen molar-refractivity contribution in [2.45, 2.75) is 38.3 Å². The zero-order valence-electron chi connectivity index (χ0n) is 13.3. The van der Waals surface area contributed by atoms with E-state index in [1.54, 1.807) is 7.11 Å². The van der Waals surface area contributed by atoms with E-state index in [2.05, 4.69) is 45.0 Å². The van der Waals surface area contributed by atoms with Crippen molar-refractivity contribution in [1.82, 2.24) is 9.88 Å². The number of rotatable bonds is 5. The van der Waals surface area contributed by atoms with E-state index in [9.17, 15) is 0 Å². The van der Waals surface area contributed by atoms with Crippen LogP contribution in [0.3, 0.4) is 0 Å². The van der Waals surface area contributed by atoms with E-state index >= 15 is 0 Å². The highest BCUT2D eigenvalue weighted by atomic mass is 16.5. The Kier molecular flexibility index (Phi) is 4.78. The Balaban J connectivity index is 2.45. The molecule has 1 aromatic rings. The average molecular weight is 278 g/mol. The van der Waals surface area contributed by atoms with Crippen molar-refractivity contribution in [2.75, 3.05) is 34.4 Å². The van der Waals surface area contributed by atoms with E-state index in [-0.39, 0.29) is 5.60 Å². The first-order chi connectivity index (χ1) is 9.48. The van der Waals surface area contributed by atoms with Gasteiger partial charge in [-0.25, -0.2) is 0 Å². The lowest BCUT2D eigenvalue weighted by Gasteiger charge is -2.29. The first-order valence-electron chi connectivity index (χ1n) is 7.26. The van der Waals surface area contributed by atoms with Gasteiger partial charge in [0.05, 0.1) is 12.3 Å². The molecule has 1 saturated heterocycles. The monoisotopic (exact) mass is 278 g/mol. The summed E-state index contributed by atoms with van der Waals surface area (Å²) in [6.07, 6.45) is 0.895. The lowest BCUT2D eigenvalue weighted by Crippen LogP contribution is -2.32. The Morgan fingerprint density at radius 3 is 2.65 bits per heavy atom. The molecule has 112 valence electrons. The van der Waals surface area contributed by atoms with Crippen LogP contribution in [0.4, 0.5) is 0 Å². The topological polar surface area (TPSA) is 34.6 Å². The van der Waals surface area contributed by atoms with E-state index in [1.165, 1.54) is 5.56 Å². The molecule has 4 nitrogen and oxygen atoms in total. The Bertz CT molecular complexity index is 452. The van der Waals surface area contributed by atoms with Crippen LogP contribution in [-0.2, 0) is 21.6 Å². The molecule has 0 radical (unpaired) electrons. The fourth-order valence-corrected chi connectivity index (χ4v) is 2.70. The normalized spacial score (nSPS) is 22.9. The van der Waals surface area contributed by atoms with E-state index in [0.717, 1.165) is 31.0 Å². The molecule has 4 heteroatoms. The van der Waals surface area contributed by atoms with Gasteiger partial charge >= 0.3 is 0 Å². The van der Waals surface area contributed by atoms with Crippen LogP contribution in [0.1, 0.15) is 43.1 Å². The van der Waals surface area contributed by atoms with E-state index in [0.29, 0.717) is 12.5 Å². The molecule has 0 unspecified atom stereocenters. The SMILES string of the molecule is CO[C@]1(c2ccc(C(C)C)nc2CN(C)C)CCOC1. The smallest absolute Gasteiger partial charge is 0.120 e. The van der Waals surface area contributed by atoms with Gasteiger partial charge in [-0.15, -0.1) is 0 Å². The van der Waals surface area contributed by atoms with Crippen LogP contribution in [0.15, 0.2) is 12.1 Å². The van der Waals surface area contributed by atoms with Crippen LogP contribution in [0.25, 0.3) is 0 Å². The lowest BCUT2D eigenvalue weighted by atomic mass is 9.90. The molecular formula is C16H26N2O2. The van der Waals surface area contributed by atoms with Crippen molar-refractivity contribution in [3.63, 3.8) is 0 Å². The maximum atomic E-state index is 5.82. The van der Waals surface area contributed by atoms with Crippen LogP contribution in [0.5, 0.6) is 0 Å². The third kappa shape index (κ3) is 3.03. The summed E-state index contributed by atoms with van der Waals surface area (Å²) in [5.74, 6) is 0.434. The largest absolute Gasteiger partial charge is 0.378 e. The fraction of sp³-hybridized carbons (Fsp3) is 0.688. The van der Waals surface area contributed by atoms with Crippen LogP contribution in [0, 0.1) is 0 Å². The van der Waals surface area contributed by atoms with Gasteiger partial charge < -0.3 is 14.4 Å². The van der Waals surface area contributed by atoms with E-state index < -0.39 is 0 Å². The number of ether oxygens (including phenoxy) is 2. The van der Waals surface area contributed by atoms with Crippen molar-refractivity contribution < 1.29 is 9.47 Å². The molecule has 0 aliphatic carbocycles. The van der Waals surface area contributed by atoms with Crippen LogP contribution >= 0.6 is 0 Å². The van der Waals surface area contributed by atoms with E-state index in [1.807, 2.05) is 0 Å². The van der Waals surface area contributed by atoms with Gasteiger partial charge in [-0.05, 0) is 26.1 Å². The maximum absolute atomic E-state index is 5.82. The highest BCUT2D eigenvalue weighted by molar-refractivity contribution is 5.31. The molecule has 1 fully saturated rings. The summed E-state index contributed by atoms with van der Waals surface area (Å²) >= 11 is 0. The van der Waals surface area contributed by atoms with Crippen molar-refractivity contribution >= 4 is 0 Å². The predicted molar refractivity (Wildman–Crippen MR) is 79.8 cm³/mol. The van der Waals surface area contributed by atoms with Crippen LogP contribution < -0.4 is 0 Å². The third-order valence-corrected chi connectivity index (χ3v) is 3.92. The van der Waals surface area contributed by atoms with Gasteiger partial charge in [0.1, 0.15) is 5.60 Å². The highest BCUT2D eigenvalue weighted by Crippen LogP contribution is 2.36. The molecule has 20 heavy (non-hydrogen) atoms. The van der Waals surface area contributed by atoms with E-state index in [4.69, 9.17) is 14.5 Å². The minimum absolute atomic E-state index is 0.326. The molecule has 1 aliphatic rings. The fourth-order valence-electron chi connectivity index (χ4n) is 2.70. The number of hydrogen-bond donors (Lipinski definition) is 0. The van der Waals surface area contributed by atoms with Crippen molar-refractivity contribution in [3.8, 4) is 0 Å². The zero-order valence-corrected chi connectivity index (χ0v) is 13.3. The molecule has 1 atom stereocenters. The Hall–Kier alpha value is -0.970. The molecule has 0 bridgehead atoms. The molecule has 0 saturated carbocycles. The Morgan fingerprint density at radius 2 is 2.15 bits per heavy atom. The van der Waals surface area contributed by atoms with Gasteiger partial charge in [0.15, 0.2) is 0 Å². The van der Waals surface area contributed by atoms with Crippen molar-refractivity contribution in [1.29, 1.82) is 0 Å². The molecule has 1 aliphatic heterocycles. The van der Waals surface area contributed by atoms with Gasteiger partial charge in [0.2, 0.25) is 0 Å². The Labute approximate surface area is 122 Å². The second-order valence-electron chi connectivity index (χ2n) is 6.12. The number of nitrogens with zero attached hydrogens (tertiary/aromatic N) is 2. The summed E-state index contributed by atoms with van der Waals surface area (Å²) in [5, 5.41) is 0. The summed E-state index contributed by atoms with van der Waals surface area (Å²) in [6, 6.07) is 4.30. The van der Waals surface area contributed by atoms with Crippen LogP contribution in [0.2, 0.25) is 0 Å². The molecule has 0 spiro atoms. The van der Waals surface area contributed by atoms with Crippen LogP contribution in [-0.4, -0.2) is 44.3 Å². The molecular weight excluding hydrogens is 252 g/mol. The highest BCUT2D eigenvalue weighted by Gasteiger charge is 2.39. The van der Waals surface area contributed by atoms with Crippen molar-refractivity contribution in [3.05, 3.63) is 29.1 Å². The molecule has 1 aromatic heterocycles. The summed E-state index contributed by atoms with van der Waals surface area (Å²) in [7, 11) is 5.90. The summed E-state index contributed by atoms with van der Waals surface area (Å²) in [4.78, 5) is 7.02. The second-order valence-corrected chi connectivity index (χ2v) is 6.12. The minimum Gasteiger partial charge on any atom is -0.378 e. The zero-order chi connectivity index (χ0) is 14.8. The van der Waals surface area contributed by atoms with Gasteiger partial charge in [0, 0.05) is 37.9 Å². The van der Waals surface area contributed by atoms with Gasteiger partial charge in [-0.1, -0.05) is 19.9 Å². The van der Waals surface area contributed by atoms with Crippen molar-refractivity contribution in [2.24, 2.45) is 0 Å².